The largest absolute Gasteiger partial charge is 0.478 e. The van der Waals surface area contributed by atoms with Crippen LogP contribution in [0.15, 0.2) is 30.3 Å². The fourth-order valence-electron chi connectivity index (χ4n) is 4.78. The third-order valence-corrected chi connectivity index (χ3v) is 6.68. The number of ether oxygens (including phenoxy) is 1. The molecule has 1 aromatic heterocycles. The van der Waals surface area contributed by atoms with Crippen molar-refractivity contribution < 1.29 is 14.3 Å². The molecule has 0 atom stereocenters. The number of rotatable bonds is 7. The van der Waals surface area contributed by atoms with E-state index >= 15 is 0 Å². The van der Waals surface area contributed by atoms with Gasteiger partial charge in [0.25, 0.3) is 0 Å². The van der Waals surface area contributed by atoms with E-state index < -0.39 is 0 Å². The summed E-state index contributed by atoms with van der Waals surface area (Å²) in [6.45, 7) is 5.64. The lowest BCUT2D eigenvalue weighted by atomic mass is 10.0. The van der Waals surface area contributed by atoms with E-state index in [9.17, 15) is 9.59 Å². The maximum absolute atomic E-state index is 11.9. The number of aryl methyl sites for hydroxylation is 2. The maximum Gasteiger partial charge on any atom is 0.225 e. The zero-order chi connectivity index (χ0) is 22.6. The van der Waals surface area contributed by atoms with Gasteiger partial charge >= 0.3 is 0 Å². The minimum absolute atomic E-state index is 0.0177. The molecule has 1 fully saturated rings. The second-order valence-corrected chi connectivity index (χ2v) is 8.95. The summed E-state index contributed by atoms with van der Waals surface area (Å²) in [6, 6.07) is 10.2. The number of amides is 2. The van der Waals surface area contributed by atoms with Crippen molar-refractivity contribution >= 4 is 29.0 Å². The van der Waals surface area contributed by atoms with E-state index in [2.05, 4.69) is 43.6 Å². The summed E-state index contributed by atoms with van der Waals surface area (Å²) < 4.78 is 5.81. The number of aromatic nitrogens is 1. The smallest absolute Gasteiger partial charge is 0.225 e. The molecule has 0 radical (unpaired) electrons. The lowest BCUT2D eigenvalue weighted by molar-refractivity contribution is -0.117. The summed E-state index contributed by atoms with van der Waals surface area (Å²) in [7, 11) is 0. The molecule has 2 amide bonds. The van der Waals surface area contributed by atoms with Gasteiger partial charge in [-0.1, -0.05) is 12.1 Å². The Balaban J connectivity index is 1.04. The number of benzene rings is 1. The molecule has 2 N–H and O–H groups in total. The third-order valence-electron chi connectivity index (χ3n) is 6.68. The minimum Gasteiger partial charge on any atom is -0.478 e. The van der Waals surface area contributed by atoms with Crippen LogP contribution < -0.4 is 20.3 Å². The molecular formula is C25H31N5O3. The Morgan fingerprint density at radius 3 is 2.48 bits per heavy atom. The van der Waals surface area contributed by atoms with Crippen molar-refractivity contribution in [3.63, 3.8) is 0 Å². The number of hydrogen-bond donors (Lipinski definition) is 2. The Morgan fingerprint density at radius 1 is 0.848 bits per heavy atom. The van der Waals surface area contributed by atoms with Crippen molar-refractivity contribution in [2.24, 2.45) is 0 Å². The summed E-state index contributed by atoms with van der Waals surface area (Å²) >= 11 is 0. The molecule has 0 spiro atoms. The molecule has 3 aliphatic heterocycles. The van der Waals surface area contributed by atoms with Gasteiger partial charge in [0.05, 0.1) is 18.0 Å². The average molecular weight is 450 g/mol. The van der Waals surface area contributed by atoms with Crippen LogP contribution in [-0.4, -0.2) is 61.0 Å². The zero-order valence-electron chi connectivity index (χ0n) is 18.9. The lowest BCUT2D eigenvalue weighted by Gasteiger charge is -2.37. The van der Waals surface area contributed by atoms with Crippen LogP contribution in [0.5, 0.6) is 5.88 Å². The van der Waals surface area contributed by atoms with Crippen molar-refractivity contribution in [1.29, 1.82) is 0 Å². The van der Waals surface area contributed by atoms with Crippen LogP contribution in [0.2, 0.25) is 0 Å². The molecular weight excluding hydrogens is 418 g/mol. The predicted molar refractivity (Wildman–Crippen MR) is 128 cm³/mol. The van der Waals surface area contributed by atoms with Crippen LogP contribution in [0.1, 0.15) is 36.8 Å². The quantitative estimate of drug-likeness (QED) is 0.632. The Labute approximate surface area is 194 Å². The number of carbonyl (C=O) groups is 2. The van der Waals surface area contributed by atoms with Crippen molar-refractivity contribution in [2.45, 2.75) is 38.5 Å². The van der Waals surface area contributed by atoms with Gasteiger partial charge in [-0.2, -0.15) is 4.98 Å². The Hall–Kier alpha value is -3.13. The summed E-state index contributed by atoms with van der Waals surface area (Å²) in [6.07, 6.45) is 4.69. The van der Waals surface area contributed by atoms with E-state index in [1.54, 1.807) is 0 Å². The van der Waals surface area contributed by atoms with Crippen LogP contribution in [0.3, 0.4) is 0 Å². The van der Waals surface area contributed by atoms with Crippen LogP contribution >= 0.6 is 0 Å². The summed E-state index contributed by atoms with van der Waals surface area (Å²) in [4.78, 5) is 32.7. The van der Waals surface area contributed by atoms with Crippen molar-refractivity contribution in [3.05, 3.63) is 41.5 Å². The van der Waals surface area contributed by atoms with E-state index in [0.717, 1.165) is 75.3 Å². The molecule has 4 heterocycles. The molecule has 8 nitrogen and oxygen atoms in total. The number of fused-ring (bicyclic) bond motifs is 2. The zero-order valence-corrected chi connectivity index (χ0v) is 18.9. The number of pyridine rings is 1. The van der Waals surface area contributed by atoms with E-state index in [0.29, 0.717) is 31.1 Å². The molecule has 33 heavy (non-hydrogen) atoms. The molecule has 0 saturated carbocycles. The van der Waals surface area contributed by atoms with Gasteiger partial charge in [0.2, 0.25) is 17.7 Å². The van der Waals surface area contributed by atoms with Crippen molar-refractivity contribution in [2.75, 3.05) is 54.9 Å². The van der Waals surface area contributed by atoms with Gasteiger partial charge in [0.15, 0.2) is 0 Å². The molecule has 8 heteroatoms. The van der Waals surface area contributed by atoms with Crippen LogP contribution in [0.4, 0.5) is 17.2 Å². The number of anilines is 3. The summed E-state index contributed by atoms with van der Waals surface area (Å²) in [5.41, 5.74) is 4.47. The summed E-state index contributed by atoms with van der Waals surface area (Å²) in [5.74, 6) is 1.35. The molecule has 0 bridgehead atoms. The highest BCUT2D eigenvalue weighted by molar-refractivity contribution is 5.98. The molecule has 1 saturated heterocycles. The van der Waals surface area contributed by atoms with Gasteiger partial charge < -0.3 is 20.3 Å². The maximum atomic E-state index is 11.9. The highest BCUT2D eigenvalue weighted by Gasteiger charge is 2.23. The number of hydrogen-bond acceptors (Lipinski definition) is 6. The normalized spacial score (nSPS) is 18.2. The number of nitrogens with zero attached hydrogens (tertiary/aromatic N) is 3. The minimum atomic E-state index is 0.0177. The van der Waals surface area contributed by atoms with Gasteiger partial charge in [0, 0.05) is 45.1 Å². The second-order valence-electron chi connectivity index (χ2n) is 8.95. The summed E-state index contributed by atoms with van der Waals surface area (Å²) in [5, 5.41) is 5.90. The van der Waals surface area contributed by atoms with E-state index in [4.69, 9.17) is 4.74 Å². The number of piperazine rings is 1. The Kier molecular flexibility index (Phi) is 6.44. The monoisotopic (exact) mass is 449 g/mol. The van der Waals surface area contributed by atoms with Crippen molar-refractivity contribution in [1.82, 2.24) is 9.88 Å². The van der Waals surface area contributed by atoms with Crippen molar-refractivity contribution in [3.8, 4) is 5.88 Å². The molecule has 174 valence electrons. The third kappa shape index (κ3) is 5.11. The standard InChI is InChI=1S/C25H31N5O3/c31-21-9-6-18-4-3-5-20(24(18)26-21)30-15-13-29(14-16-30)12-1-2-17-33-23-11-8-19-7-10-22(32)27-25(19)28-23/h3-5,8,11H,1-2,6-7,9-10,12-17H2,(H,26,31)(H,27,28,32). The van der Waals surface area contributed by atoms with E-state index in [1.165, 1.54) is 5.56 Å². The number of para-hydroxylation sites is 1. The number of unbranched alkanes of at least 4 members (excludes halogenated alkanes) is 1. The fourth-order valence-corrected chi connectivity index (χ4v) is 4.78. The molecule has 0 aliphatic carbocycles. The highest BCUT2D eigenvalue weighted by Crippen LogP contribution is 2.33. The van der Waals surface area contributed by atoms with Crippen LogP contribution in [0.25, 0.3) is 0 Å². The highest BCUT2D eigenvalue weighted by atomic mass is 16.5. The van der Waals surface area contributed by atoms with Gasteiger partial charge in [-0.05, 0) is 55.5 Å². The molecule has 2 aromatic rings. The van der Waals surface area contributed by atoms with Crippen LogP contribution in [-0.2, 0) is 22.4 Å². The molecule has 3 aliphatic rings. The van der Waals surface area contributed by atoms with Gasteiger partial charge in [-0.25, -0.2) is 0 Å². The fraction of sp³-hybridized carbons (Fsp3) is 0.480. The SMILES string of the molecule is O=C1CCc2ccc(OCCCCN3CCN(c4cccc5c4NC(=O)CC5)CC3)nc2N1. The van der Waals surface area contributed by atoms with Gasteiger partial charge in [0.1, 0.15) is 5.82 Å². The second kappa shape index (κ2) is 9.79. The Bertz CT molecular complexity index is 1030. The van der Waals surface area contributed by atoms with E-state index in [1.807, 2.05) is 12.1 Å². The molecule has 5 rings (SSSR count). The molecule has 1 aromatic carbocycles. The lowest BCUT2D eigenvalue weighted by Crippen LogP contribution is -2.47. The van der Waals surface area contributed by atoms with Gasteiger partial charge in [-0.15, -0.1) is 0 Å². The topological polar surface area (TPSA) is 86.8 Å². The van der Waals surface area contributed by atoms with Gasteiger partial charge in [-0.3, -0.25) is 14.5 Å². The number of nitrogens with one attached hydrogen (secondary N) is 2. The predicted octanol–water partition coefficient (Wildman–Crippen LogP) is 2.83. The van der Waals surface area contributed by atoms with E-state index in [-0.39, 0.29) is 11.8 Å². The molecule has 0 unspecified atom stereocenters. The first-order valence-corrected chi connectivity index (χ1v) is 12.0. The number of carbonyl (C=O) groups excluding carboxylic acids is 2. The first-order chi connectivity index (χ1) is 16.2. The first kappa shape index (κ1) is 21.7. The Morgan fingerprint density at radius 2 is 1.64 bits per heavy atom. The first-order valence-electron chi connectivity index (χ1n) is 12.0. The van der Waals surface area contributed by atoms with Crippen LogP contribution in [0, 0.1) is 0 Å². The average Bonchev–Trinajstić information content (AvgIpc) is 2.83.